The van der Waals surface area contributed by atoms with E-state index in [1.807, 2.05) is 29.2 Å². The molecule has 13 heteroatoms. The van der Waals surface area contributed by atoms with Gasteiger partial charge in [-0.15, -0.1) is 0 Å². The normalized spacial score (nSPS) is 17.4. The molecule has 6 rings (SSSR count). The number of benzene rings is 1. The van der Waals surface area contributed by atoms with Gasteiger partial charge in [-0.05, 0) is 31.2 Å². The second kappa shape index (κ2) is 11.6. The molecule has 13 nitrogen and oxygen atoms in total. The number of anilines is 3. The Balaban J connectivity index is 1.20. The number of likely N-dealkylation sites (N-methyl/N-ethyl adjacent to an activating group) is 1. The first kappa shape index (κ1) is 26.8. The van der Waals surface area contributed by atoms with Gasteiger partial charge in [-0.1, -0.05) is 12.1 Å². The van der Waals surface area contributed by atoms with E-state index in [0.29, 0.717) is 75.4 Å². The Labute approximate surface area is 238 Å². The fourth-order valence-corrected chi connectivity index (χ4v) is 5.32. The standard InChI is InChI=1S/C28H34N10O3/c1-35-7-9-36(10-8-35)25(39)20-4-2-3-19(15-20)16-32-28(40)38-6-5-22-23(21-17-30-26(29)31-18-21)33-27(34-24(22)38)37-11-13-41-14-12-37/h2-4,15,17-18H,5-14,16H2,1H3,(H,32,40)(H2,29,30,31). The van der Waals surface area contributed by atoms with Crippen molar-refractivity contribution in [3.63, 3.8) is 0 Å². The van der Waals surface area contributed by atoms with E-state index in [2.05, 4.69) is 32.1 Å². The number of nitrogen functional groups attached to an aromatic ring is 1. The van der Waals surface area contributed by atoms with E-state index in [1.165, 1.54) is 0 Å². The lowest BCUT2D eigenvalue weighted by Crippen LogP contribution is -2.47. The predicted octanol–water partition coefficient (Wildman–Crippen LogP) is 1.01. The highest BCUT2D eigenvalue weighted by atomic mass is 16.5. The average Bonchev–Trinajstić information content (AvgIpc) is 3.45. The minimum absolute atomic E-state index is 0.0197. The van der Waals surface area contributed by atoms with Crippen LogP contribution in [0.3, 0.4) is 0 Å². The monoisotopic (exact) mass is 558 g/mol. The quantitative estimate of drug-likeness (QED) is 0.465. The fourth-order valence-electron chi connectivity index (χ4n) is 5.32. The Morgan fingerprint density at radius 1 is 1.00 bits per heavy atom. The molecule has 3 aromatic rings. The van der Waals surface area contributed by atoms with Crippen LogP contribution in [0.25, 0.3) is 11.3 Å². The van der Waals surface area contributed by atoms with Crippen LogP contribution in [-0.2, 0) is 17.7 Å². The van der Waals surface area contributed by atoms with Crippen molar-refractivity contribution in [1.82, 2.24) is 35.1 Å². The van der Waals surface area contributed by atoms with Crippen molar-refractivity contribution in [2.45, 2.75) is 13.0 Å². The Morgan fingerprint density at radius 2 is 1.76 bits per heavy atom. The molecule has 0 radical (unpaired) electrons. The summed E-state index contributed by atoms with van der Waals surface area (Å²) in [5.41, 5.74) is 9.48. The number of morpholine rings is 1. The second-order valence-electron chi connectivity index (χ2n) is 10.5. The maximum Gasteiger partial charge on any atom is 0.323 e. The van der Waals surface area contributed by atoms with Crippen molar-refractivity contribution in [3.8, 4) is 11.3 Å². The van der Waals surface area contributed by atoms with Crippen molar-refractivity contribution >= 4 is 29.7 Å². The summed E-state index contributed by atoms with van der Waals surface area (Å²) in [6, 6.07) is 7.20. The van der Waals surface area contributed by atoms with Gasteiger partial charge in [-0.3, -0.25) is 9.69 Å². The van der Waals surface area contributed by atoms with E-state index < -0.39 is 0 Å². The van der Waals surface area contributed by atoms with Gasteiger partial charge < -0.3 is 30.5 Å². The highest BCUT2D eigenvalue weighted by Crippen LogP contribution is 2.35. The van der Waals surface area contributed by atoms with Gasteiger partial charge in [0.2, 0.25) is 11.9 Å². The smallest absolute Gasteiger partial charge is 0.323 e. The van der Waals surface area contributed by atoms with E-state index >= 15 is 0 Å². The third-order valence-electron chi connectivity index (χ3n) is 7.71. The highest BCUT2D eigenvalue weighted by Gasteiger charge is 2.32. The molecule has 41 heavy (non-hydrogen) atoms. The Morgan fingerprint density at radius 3 is 2.51 bits per heavy atom. The molecule has 0 bridgehead atoms. The number of amides is 3. The van der Waals surface area contributed by atoms with Crippen LogP contribution >= 0.6 is 0 Å². The summed E-state index contributed by atoms with van der Waals surface area (Å²) in [5.74, 6) is 1.31. The molecule has 3 amide bonds. The number of aromatic nitrogens is 4. The Bertz CT molecular complexity index is 1420. The number of urea groups is 1. The predicted molar refractivity (Wildman–Crippen MR) is 154 cm³/mol. The van der Waals surface area contributed by atoms with E-state index in [-0.39, 0.29) is 24.4 Å². The molecular formula is C28H34N10O3. The van der Waals surface area contributed by atoms with Gasteiger partial charge in [0.1, 0.15) is 5.82 Å². The molecule has 2 fully saturated rings. The van der Waals surface area contributed by atoms with Gasteiger partial charge in [-0.25, -0.2) is 19.7 Å². The summed E-state index contributed by atoms with van der Waals surface area (Å²) in [5, 5.41) is 3.02. The van der Waals surface area contributed by atoms with Crippen LogP contribution < -0.4 is 20.9 Å². The van der Waals surface area contributed by atoms with Crippen molar-refractivity contribution < 1.29 is 14.3 Å². The summed E-state index contributed by atoms with van der Waals surface area (Å²) >= 11 is 0. The minimum atomic E-state index is -0.259. The number of rotatable bonds is 5. The van der Waals surface area contributed by atoms with Crippen LogP contribution in [0, 0.1) is 0 Å². The van der Waals surface area contributed by atoms with Crippen molar-refractivity contribution in [3.05, 3.63) is 53.3 Å². The topological polar surface area (TPSA) is 146 Å². The summed E-state index contributed by atoms with van der Waals surface area (Å²) < 4.78 is 5.51. The van der Waals surface area contributed by atoms with Crippen LogP contribution in [0.4, 0.5) is 22.5 Å². The Hall–Kier alpha value is -4.36. The maximum atomic E-state index is 13.5. The third kappa shape index (κ3) is 5.77. The second-order valence-corrected chi connectivity index (χ2v) is 10.5. The number of nitrogens with two attached hydrogens (primary N) is 1. The van der Waals surface area contributed by atoms with Gasteiger partial charge >= 0.3 is 6.03 Å². The molecular weight excluding hydrogens is 524 g/mol. The van der Waals surface area contributed by atoms with E-state index in [9.17, 15) is 9.59 Å². The summed E-state index contributed by atoms with van der Waals surface area (Å²) in [7, 11) is 2.06. The molecule has 0 spiro atoms. The van der Waals surface area contributed by atoms with Crippen molar-refractivity contribution in [2.24, 2.45) is 0 Å². The number of carbonyl (C=O) groups excluding carboxylic acids is 2. The number of carbonyl (C=O) groups is 2. The van der Waals surface area contributed by atoms with Gasteiger partial charge in [0.05, 0.1) is 18.9 Å². The van der Waals surface area contributed by atoms with E-state index in [0.717, 1.165) is 29.8 Å². The molecule has 1 aromatic carbocycles. The van der Waals surface area contributed by atoms with Crippen LogP contribution in [0.15, 0.2) is 36.7 Å². The molecule has 2 aromatic heterocycles. The third-order valence-corrected chi connectivity index (χ3v) is 7.71. The number of nitrogens with zero attached hydrogens (tertiary/aromatic N) is 8. The first-order valence-corrected chi connectivity index (χ1v) is 13.9. The van der Waals surface area contributed by atoms with Crippen molar-refractivity contribution in [1.29, 1.82) is 0 Å². The number of piperazine rings is 1. The maximum absolute atomic E-state index is 13.5. The molecule has 3 aliphatic heterocycles. The Kier molecular flexibility index (Phi) is 7.61. The highest BCUT2D eigenvalue weighted by molar-refractivity contribution is 5.95. The van der Waals surface area contributed by atoms with Crippen molar-refractivity contribution in [2.75, 3.05) is 81.6 Å². The fraction of sp³-hybridized carbons (Fsp3) is 0.429. The summed E-state index contributed by atoms with van der Waals surface area (Å²) in [6.45, 7) is 6.39. The van der Waals surface area contributed by atoms with Crippen LogP contribution in [0.1, 0.15) is 21.5 Å². The van der Waals surface area contributed by atoms with Crippen LogP contribution in [0.2, 0.25) is 0 Å². The molecule has 0 saturated carbocycles. The zero-order valence-electron chi connectivity index (χ0n) is 23.1. The number of hydrogen-bond acceptors (Lipinski definition) is 10. The SMILES string of the molecule is CN1CCN(C(=O)c2cccc(CNC(=O)N3CCc4c(-c5cnc(N)nc5)nc(N5CCOCC5)nc43)c2)CC1. The molecule has 3 aliphatic rings. The zero-order chi connectivity index (χ0) is 28.3. The van der Waals surface area contributed by atoms with Gasteiger partial charge in [0.15, 0.2) is 0 Å². The first-order chi connectivity index (χ1) is 20.0. The zero-order valence-corrected chi connectivity index (χ0v) is 23.1. The number of ether oxygens (including phenoxy) is 1. The summed E-state index contributed by atoms with van der Waals surface area (Å²) in [4.78, 5) is 52.3. The first-order valence-electron chi connectivity index (χ1n) is 13.9. The lowest BCUT2D eigenvalue weighted by atomic mass is 10.1. The molecule has 0 unspecified atom stereocenters. The largest absolute Gasteiger partial charge is 0.378 e. The van der Waals surface area contributed by atoms with E-state index in [4.69, 9.17) is 20.4 Å². The molecule has 3 N–H and O–H groups in total. The minimum Gasteiger partial charge on any atom is -0.378 e. The average molecular weight is 559 g/mol. The van der Waals surface area contributed by atoms with Gasteiger partial charge in [-0.2, -0.15) is 4.98 Å². The number of nitrogens with one attached hydrogen (secondary N) is 1. The number of hydrogen-bond donors (Lipinski definition) is 2. The van der Waals surface area contributed by atoms with Gasteiger partial charge in [0.25, 0.3) is 5.91 Å². The number of fused-ring (bicyclic) bond motifs is 1. The lowest BCUT2D eigenvalue weighted by Gasteiger charge is -2.32. The molecule has 0 atom stereocenters. The summed E-state index contributed by atoms with van der Waals surface area (Å²) in [6.07, 6.45) is 3.89. The van der Waals surface area contributed by atoms with E-state index in [1.54, 1.807) is 17.3 Å². The lowest BCUT2D eigenvalue weighted by molar-refractivity contribution is 0.0664. The van der Waals surface area contributed by atoms with Gasteiger partial charge in [0, 0.05) is 81.4 Å². The molecule has 214 valence electrons. The van der Waals surface area contributed by atoms with Crippen LogP contribution in [-0.4, -0.2) is 108 Å². The van der Waals surface area contributed by atoms with Crippen LogP contribution in [0.5, 0.6) is 0 Å². The molecule has 5 heterocycles. The molecule has 0 aliphatic carbocycles. The molecule has 2 saturated heterocycles.